The highest BCUT2D eigenvalue weighted by molar-refractivity contribution is 7.89. The van der Waals surface area contributed by atoms with Crippen molar-refractivity contribution < 1.29 is 13.2 Å². The van der Waals surface area contributed by atoms with Crippen molar-refractivity contribution in [3.8, 4) is 0 Å². The number of urea groups is 1. The number of carbonyl (C=O) groups is 1. The summed E-state index contributed by atoms with van der Waals surface area (Å²) < 4.78 is 26.4. The summed E-state index contributed by atoms with van der Waals surface area (Å²) in [6.07, 6.45) is 0. The normalized spacial score (nSPS) is 15.2. The zero-order valence-corrected chi connectivity index (χ0v) is 14.2. The molecule has 2 aromatic rings. The maximum Gasteiger partial charge on any atom is 0.339 e. The Morgan fingerprint density at radius 1 is 1.04 bits per heavy atom. The number of aryl methyl sites for hydroxylation is 1. The van der Waals surface area contributed by atoms with E-state index in [0.717, 1.165) is 15.4 Å². The third kappa shape index (κ3) is 2.92. The van der Waals surface area contributed by atoms with Gasteiger partial charge in [-0.3, -0.25) is 0 Å². The van der Waals surface area contributed by atoms with E-state index in [-0.39, 0.29) is 17.1 Å². The molecule has 0 atom stereocenters. The molecule has 3 rings (SSSR count). The Morgan fingerprint density at radius 3 is 2.29 bits per heavy atom. The molecular weight excluding hydrogens is 324 g/mol. The van der Waals surface area contributed by atoms with Crippen LogP contribution in [0.3, 0.4) is 0 Å². The van der Waals surface area contributed by atoms with Crippen molar-refractivity contribution in [2.24, 2.45) is 0 Å². The summed E-state index contributed by atoms with van der Waals surface area (Å²) in [5.74, 6) is 0. The zero-order chi connectivity index (χ0) is 17.3. The van der Waals surface area contributed by atoms with Crippen LogP contribution in [0.5, 0.6) is 0 Å². The number of benzene rings is 2. The summed E-state index contributed by atoms with van der Waals surface area (Å²) in [6, 6.07) is 15.3. The van der Waals surface area contributed by atoms with Crippen molar-refractivity contribution in [3.05, 3.63) is 78.0 Å². The van der Waals surface area contributed by atoms with Crippen molar-refractivity contribution in [1.82, 2.24) is 9.21 Å². The van der Waals surface area contributed by atoms with Crippen molar-refractivity contribution in [1.29, 1.82) is 0 Å². The number of amides is 2. The summed E-state index contributed by atoms with van der Waals surface area (Å²) in [7, 11) is -3.94. The van der Waals surface area contributed by atoms with Crippen LogP contribution in [0.2, 0.25) is 0 Å². The fourth-order valence-corrected chi connectivity index (χ4v) is 4.04. The summed E-state index contributed by atoms with van der Waals surface area (Å²) in [5, 5.41) is 0. The van der Waals surface area contributed by atoms with Gasteiger partial charge in [0.05, 0.1) is 17.1 Å². The van der Waals surface area contributed by atoms with Crippen LogP contribution in [-0.2, 0) is 16.6 Å². The monoisotopic (exact) mass is 342 g/mol. The average Bonchev–Trinajstić information content (AvgIpc) is 2.83. The Bertz CT molecular complexity index is 874. The molecule has 1 fully saturated rings. The van der Waals surface area contributed by atoms with Crippen LogP contribution in [0.4, 0.5) is 4.79 Å². The van der Waals surface area contributed by atoms with Crippen LogP contribution >= 0.6 is 0 Å². The predicted octanol–water partition coefficient (Wildman–Crippen LogP) is 3.14. The quantitative estimate of drug-likeness (QED) is 0.858. The van der Waals surface area contributed by atoms with E-state index in [1.165, 1.54) is 17.0 Å². The molecule has 24 heavy (non-hydrogen) atoms. The van der Waals surface area contributed by atoms with E-state index >= 15 is 0 Å². The van der Waals surface area contributed by atoms with Gasteiger partial charge in [0.25, 0.3) is 10.0 Å². The summed E-state index contributed by atoms with van der Waals surface area (Å²) in [6.45, 7) is 6.18. The average molecular weight is 342 g/mol. The second-order valence-corrected chi connectivity index (χ2v) is 7.56. The molecule has 1 aliphatic rings. The van der Waals surface area contributed by atoms with Gasteiger partial charge in [0, 0.05) is 6.54 Å². The smallest absolute Gasteiger partial charge is 0.313 e. The number of sulfonamides is 1. The number of hydrogen-bond donors (Lipinski definition) is 0. The van der Waals surface area contributed by atoms with Gasteiger partial charge in [-0.1, -0.05) is 54.6 Å². The number of carbonyl (C=O) groups excluding carboxylic acids is 1. The van der Waals surface area contributed by atoms with Crippen LogP contribution in [0.1, 0.15) is 11.1 Å². The first-order valence-electron chi connectivity index (χ1n) is 7.52. The number of hydrogen-bond acceptors (Lipinski definition) is 3. The highest BCUT2D eigenvalue weighted by Gasteiger charge is 2.40. The van der Waals surface area contributed by atoms with Crippen molar-refractivity contribution in [3.63, 3.8) is 0 Å². The van der Waals surface area contributed by atoms with E-state index in [4.69, 9.17) is 0 Å². The molecule has 2 amide bonds. The molecule has 0 radical (unpaired) electrons. The largest absolute Gasteiger partial charge is 0.339 e. The van der Waals surface area contributed by atoms with Gasteiger partial charge in [0.2, 0.25) is 0 Å². The maximum absolute atomic E-state index is 12.8. The number of nitrogens with zero attached hydrogens (tertiary/aromatic N) is 2. The molecular formula is C18H18N2O3S. The van der Waals surface area contributed by atoms with Gasteiger partial charge in [-0.2, -0.15) is 4.31 Å². The van der Waals surface area contributed by atoms with Crippen LogP contribution < -0.4 is 0 Å². The molecule has 0 N–H and O–H groups in total. The first-order chi connectivity index (χ1) is 11.4. The lowest BCUT2D eigenvalue weighted by molar-refractivity contribution is 0.205. The third-order valence-electron chi connectivity index (χ3n) is 3.88. The van der Waals surface area contributed by atoms with E-state index in [9.17, 15) is 13.2 Å². The lowest BCUT2D eigenvalue weighted by Gasteiger charge is -2.18. The van der Waals surface area contributed by atoms with E-state index in [2.05, 4.69) is 6.58 Å². The SMILES string of the molecule is C=C1CN(Cc2ccccc2)C(=O)N1S(=O)(=O)c1ccc(C)cc1. The van der Waals surface area contributed by atoms with Crippen molar-refractivity contribution >= 4 is 16.1 Å². The van der Waals surface area contributed by atoms with E-state index in [1.54, 1.807) is 12.1 Å². The van der Waals surface area contributed by atoms with Crippen LogP contribution in [-0.4, -0.2) is 30.2 Å². The Balaban J connectivity index is 1.87. The first kappa shape index (κ1) is 16.3. The van der Waals surface area contributed by atoms with Gasteiger partial charge < -0.3 is 4.90 Å². The topological polar surface area (TPSA) is 57.7 Å². The lowest BCUT2D eigenvalue weighted by atomic mass is 10.2. The van der Waals surface area contributed by atoms with E-state index in [1.807, 2.05) is 37.3 Å². The Labute approximate surface area is 141 Å². The minimum absolute atomic E-state index is 0.0872. The molecule has 0 saturated carbocycles. The standard InChI is InChI=1S/C18H18N2O3S/c1-14-8-10-17(11-9-14)24(22,23)20-15(2)12-19(18(20)21)13-16-6-4-3-5-7-16/h3-11H,2,12-13H2,1H3. The molecule has 1 aliphatic heterocycles. The minimum Gasteiger partial charge on any atom is -0.313 e. The molecule has 1 heterocycles. The maximum atomic E-state index is 12.8. The minimum atomic E-state index is -3.94. The fraction of sp³-hybridized carbons (Fsp3) is 0.167. The fourth-order valence-electron chi connectivity index (χ4n) is 2.63. The Kier molecular flexibility index (Phi) is 4.15. The summed E-state index contributed by atoms with van der Waals surface area (Å²) in [5.41, 5.74) is 2.15. The zero-order valence-electron chi connectivity index (χ0n) is 13.3. The van der Waals surface area contributed by atoms with Crippen molar-refractivity contribution in [2.75, 3.05) is 6.54 Å². The molecule has 0 spiro atoms. The Morgan fingerprint density at radius 2 is 1.67 bits per heavy atom. The molecule has 124 valence electrons. The van der Waals surface area contributed by atoms with Gasteiger partial charge in [0.1, 0.15) is 0 Å². The molecule has 6 heteroatoms. The molecule has 0 unspecified atom stereocenters. The van der Waals surface area contributed by atoms with Crippen LogP contribution in [0, 0.1) is 6.92 Å². The van der Waals surface area contributed by atoms with Crippen molar-refractivity contribution in [2.45, 2.75) is 18.4 Å². The van der Waals surface area contributed by atoms with Crippen LogP contribution in [0.15, 0.2) is 71.8 Å². The first-order valence-corrected chi connectivity index (χ1v) is 8.96. The highest BCUT2D eigenvalue weighted by Crippen LogP contribution is 2.28. The molecule has 0 aromatic heterocycles. The molecule has 5 nitrogen and oxygen atoms in total. The van der Waals surface area contributed by atoms with E-state index < -0.39 is 16.1 Å². The van der Waals surface area contributed by atoms with Gasteiger partial charge >= 0.3 is 6.03 Å². The molecule has 0 bridgehead atoms. The summed E-state index contributed by atoms with van der Waals surface area (Å²) in [4.78, 5) is 14.2. The van der Waals surface area contributed by atoms with Crippen LogP contribution in [0.25, 0.3) is 0 Å². The third-order valence-corrected chi connectivity index (χ3v) is 5.64. The van der Waals surface area contributed by atoms with Gasteiger partial charge in [-0.05, 0) is 24.6 Å². The van der Waals surface area contributed by atoms with E-state index in [0.29, 0.717) is 6.54 Å². The predicted molar refractivity (Wildman–Crippen MR) is 91.6 cm³/mol. The Hall–Kier alpha value is -2.60. The molecule has 0 aliphatic carbocycles. The van der Waals surface area contributed by atoms with Gasteiger partial charge in [-0.15, -0.1) is 0 Å². The number of rotatable bonds is 4. The van der Waals surface area contributed by atoms with Gasteiger partial charge in [-0.25, -0.2) is 13.2 Å². The molecule has 2 aromatic carbocycles. The second kappa shape index (κ2) is 6.13. The molecule has 1 saturated heterocycles. The van der Waals surface area contributed by atoms with Gasteiger partial charge in [0.15, 0.2) is 0 Å². The second-order valence-electron chi connectivity index (χ2n) is 5.77. The lowest BCUT2D eigenvalue weighted by Crippen LogP contribution is -2.35. The highest BCUT2D eigenvalue weighted by atomic mass is 32.2. The summed E-state index contributed by atoms with van der Waals surface area (Å²) >= 11 is 0.